The molecule has 0 spiro atoms. The second-order valence-corrected chi connectivity index (χ2v) is 8.06. The Hall–Kier alpha value is -3.50. The molecule has 2 N–H and O–H groups in total. The van der Waals surface area contributed by atoms with Gasteiger partial charge in [0, 0.05) is 11.4 Å². The molecule has 4 aromatic rings. The molecule has 0 bridgehead atoms. The number of benzene rings is 2. The van der Waals surface area contributed by atoms with Gasteiger partial charge in [0.25, 0.3) is 0 Å². The van der Waals surface area contributed by atoms with Crippen molar-refractivity contribution in [1.82, 2.24) is 17.5 Å². The average Bonchev–Trinajstić information content (AvgIpc) is 3.37. The minimum Gasteiger partial charge on any atom is -0.357 e. The van der Waals surface area contributed by atoms with Gasteiger partial charge in [-0.15, -0.1) is 0 Å². The number of carbonyl (C=O) groups is 2. The zero-order valence-electron chi connectivity index (χ0n) is 18.0. The molecular weight excluding hydrogens is 444 g/mol. The van der Waals surface area contributed by atoms with Crippen molar-refractivity contribution in [3.63, 3.8) is 0 Å². The summed E-state index contributed by atoms with van der Waals surface area (Å²) in [4.78, 5) is 21.8. The molecule has 4 rings (SSSR count). The maximum atomic E-state index is 10.9. The molecule has 2 aromatic carbocycles. The Morgan fingerprint density at radius 2 is 1.09 bits per heavy atom. The van der Waals surface area contributed by atoms with E-state index < -0.39 is 0 Å². The van der Waals surface area contributed by atoms with Gasteiger partial charge in [0.05, 0.1) is 34.8 Å². The Bertz CT molecular complexity index is 1220. The van der Waals surface area contributed by atoms with Crippen LogP contribution in [-0.2, 0) is 9.59 Å². The first-order chi connectivity index (χ1) is 15.3. The highest BCUT2D eigenvalue weighted by Gasteiger charge is 2.05. The first-order valence-electron chi connectivity index (χ1n) is 9.68. The third-order valence-electron chi connectivity index (χ3n) is 4.08. The lowest BCUT2D eigenvalue weighted by Crippen LogP contribution is -1.98. The zero-order chi connectivity index (χ0) is 23.1. The Morgan fingerprint density at radius 3 is 1.47 bits per heavy atom. The van der Waals surface area contributed by atoms with Gasteiger partial charge in [-0.2, -0.15) is 17.5 Å². The van der Waals surface area contributed by atoms with Gasteiger partial charge < -0.3 is 10.6 Å². The number of nitrogens with one attached hydrogen (secondary N) is 2. The zero-order valence-corrected chi connectivity index (χ0v) is 19.7. The molecular formula is C22H22N6O2S2. The second-order valence-electron chi connectivity index (χ2n) is 7.00. The van der Waals surface area contributed by atoms with E-state index in [1.807, 2.05) is 50.2 Å². The van der Waals surface area contributed by atoms with Crippen LogP contribution < -0.4 is 10.6 Å². The lowest BCUT2D eigenvalue weighted by molar-refractivity contribution is -0.113. The molecule has 10 heteroatoms. The third kappa shape index (κ3) is 6.25. The van der Waals surface area contributed by atoms with E-state index in [4.69, 9.17) is 0 Å². The number of ketones is 2. The van der Waals surface area contributed by atoms with Gasteiger partial charge in [0.15, 0.2) is 11.6 Å². The highest BCUT2D eigenvalue weighted by atomic mass is 32.1. The summed E-state index contributed by atoms with van der Waals surface area (Å²) in [5, 5.41) is 6.29. The summed E-state index contributed by atoms with van der Waals surface area (Å²) in [6.07, 6.45) is 3.11. The van der Waals surface area contributed by atoms with Gasteiger partial charge in [-0.1, -0.05) is 12.1 Å². The Balaban J connectivity index is 0.000000181. The molecule has 0 radical (unpaired) electrons. The molecule has 0 atom stereocenters. The average molecular weight is 467 g/mol. The molecule has 32 heavy (non-hydrogen) atoms. The number of fused-ring (bicyclic) bond motifs is 2. The first kappa shape index (κ1) is 23.2. The molecule has 2 aromatic heterocycles. The van der Waals surface area contributed by atoms with Gasteiger partial charge in [0.1, 0.15) is 22.1 Å². The van der Waals surface area contributed by atoms with Crippen LogP contribution in [0.25, 0.3) is 22.1 Å². The molecule has 0 saturated carbocycles. The van der Waals surface area contributed by atoms with Crippen LogP contribution in [0.15, 0.2) is 59.9 Å². The molecule has 0 aliphatic carbocycles. The van der Waals surface area contributed by atoms with Crippen LogP contribution in [-0.4, -0.2) is 29.1 Å². The van der Waals surface area contributed by atoms with Crippen molar-refractivity contribution in [1.29, 1.82) is 0 Å². The first-order valence-corrected chi connectivity index (χ1v) is 11.1. The second kappa shape index (κ2) is 10.7. The predicted octanol–water partition coefficient (Wildman–Crippen LogP) is 5.19. The van der Waals surface area contributed by atoms with E-state index in [0.29, 0.717) is 0 Å². The van der Waals surface area contributed by atoms with Gasteiger partial charge in [-0.3, -0.25) is 9.59 Å². The smallest absolute Gasteiger partial charge is 0.154 e. The van der Waals surface area contributed by atoms with E-state index in [9.17, 15) is 9.59 Å². The number of hydrogen-bond donors (Lipinski definition) is 2. The number of nitrogens with zero attached hydrogens (tertiary/aromatic N) is 4. The highest BCUT2D eigenvalue weighted by molar-refractivity contribution is 7.00. The van der Waals surface area contributed by atoms with Crippen LogP contribution in [0.4, 0.5) is 11.4 Å². The summed E-state index contributed by atoms with van der Waals surface area (Å²) in [6, 6.07) is 11.5. The maximum absolute atomic E-state index is 10.9. The fourth-order valence-electron chi connectivity index (χ4n) is 2.92. The minimum absolute atomic E-state index is 0.0218. The van der Waals surface area contributed by atoms with E-state index in [0.717, 1.165) is 44.8 Å². The molecule has 0 fully saturated rings. The Labute approximate surface area is 193 Å². The van der Waals surface area contributed by atoms with Gasteiger partial charge in [-0.25, -0.2) is 0 Å². The molecule has 8 nitrogen and oxygen atoms in total. The maximum Gasteiger partial charge on any atom is 0.154 e. The fourth-order valence-corrected chi connectivity index (χ4v) is 4.02. The van der Waals surface area contributed by atoms with Crippen molar-refractivity contribution in [3.05, 3.63) is 59.9 Å². The van der Waals surface area contributed by atoms with Crippen molar-refractivity contribution in [2.45, 2.75) is 27.7 Å². The summed E-state index contributed by atoms with van der Waals surface area (Å²) >= 11 is 2.36. The van der Waals surface area contributed by atoms with Crippen LogP contribution >= 0.6 is 23.5 Å². The molecule has 0 aliphatic heterocycles. The Kier molecular flexibility index (Phi) is 7.74. The SMILES string of the molecule is CC(=O)/C=C(/C)Nc1cccc2nsnc12.CC(=O)/C=C(/C)Nc1cccc2nsnc12. The standard InChI is InChI=1S/2C11H11N3OS/c2*1-7(6-8(2)15)12-9-4-3-5-10-11(9)14-16-13-10/h2*3-6,12H,1-2H3/b2*7-6-. The minimum atomic E-state index is 0.0218. The highest BCUT2D eigenvalue weighted by Crippen LogP contribution is 2.23. The van der Waals surface area contributed by atoms with E-state index in [1.165, 1.54) is 37.3 Å². The number of allylic oxidation sites excluding steroid dienone is 4. The van der Waals surface area contributed by atoms with E-state index in [1.54, 1.807) is 12.2 Å². The van der Waals surface area contributed by atoms with Crippen LogP contribution in [0.5, 0.6) is 0 Å². The summed E-state index contributed by atoms with van der Waals surface area (Å²) in [5.74, 6) is 0.0437. The predicted molar refractivity (Wildman–Crippen MR) is 131 cm³/mol. The van der Waals surface area contributed by atoms with Crippen LogP contribution in [0.2, 0.25) is 0 Å². The molecule has 2 heterocycles. The van der Waals surface area contributed by atoms with Gasteiger partial charge in [-0.05, 0) is 64.1 Å². The summed E-state index contributed by atoms with van der Waals surface area (Å²) in [7, 11) is 0. The monoisotopic (exact) mass is 466 g/mol. The van der Waals surface area contributed by atoms with Gasteiger partial charge in [0.2, 0.25) is 0 Å². The molecule has 0 unspecified atom stereocenters. The number of aromatic nitrogens is 4. The van der Waals surface area contributed by atoms with Crippen molar-refractivity contribution in [3.8, 4) is 0 Å². The quantitative estimate of drug-likeness (QED) is 0.374. The summed E-state index contributed by atoms with van der Waals surface area (Å²) < 4.78 is 16.7. The van der Waals surface area contributed by atoms with Crippen molar-refractivity contribution in [2.75, 3.05) is 10.6 Å². The largest absolute Gasteiger partial charge is 0.357 e. The fraction of sp³-hybridized carbons (Fsp3) is 0.182. The topological polar surface area (TPSA) is 110 Å². The lowest BCUT2D eigenvalue weighted by Gasteiger charge is -2.05. The van der Waals surface area contributed by atoms with Crippen LogP contribution in [0.3, 0.4) is 0 Å². The van der Waals surface area contributed by atoms with E-state index in [2.05, 4.69) is 28.1 Å². The van der Waals surface area contributed by atoms with Crippen molar-refractivity contribution < 1.29 is 9.59 Å². The molecule has 0 saturated heterocycles. The molecule has 164 valence electrons. The summed E-state index contributed by atoms with van der Waals surface area (Å²) in [6.45, 7) is 6.74. The van der Waals surface area contributed by atoms with Crippen molar-refractivity contribution in [2.24, 2.45) is 0 Å². The molecule has 0 amide bonds. The van der Waals surface area contributed by atoms with Crippen molar-refractivity contribution >= 4 is 68.5 Å². The van der Waals surface area contributed by atoms with Crippen LogP contribution in [0, 0.1) is 0 Å². The number of carbonyl (C=O) groups excluding carboxylic acids is 2. The third-order valence-corrected chi connectivity index (χ3v) is 5.16. The number of hydrogen-bond acceptors (Lipinski definition) is 10. The number of rotatable bonds is 6. The lowest BCUT2D eigenvalue weighted by atomic mass is 10.2. The van der Waals surface area contributed by atoms with Crippen LogP contribution in [0.1, 0.15) is 27.7 Å². The molecule has 0 aliphatic rings. The summed E-state index contributed by atoms with van der Waals surface area (Å²) in [5.41, 5.74) is 6.76. The van der Waals surface area contributed by atoms with E-state index in [-0.39, 0.29) is 11.6 Å². The number of anilines is 2. The van der Waals surface area contributed by atoms with E-state index >= 15 is 0 Å². The van der Waals surface area contributed by atoms with Gasteiger partial charge >= 0.3 is 0 Å². The normalized spacial score (nSPS) is 11.8. The Morgan fingerprint density at radius 1 is 0.688 bits per heavy atom.